The van der Waals surface area contributed by atoms with E-state index in [1.165, 1.54) is 0 Å². The second kappa shape index (κ2) is 7.22. The summed E-state index contributed by atoms with van der Waals surface area (Å²) in [6.45, 7) is 3.00. The average Bonchev–Trinajstić information content (AvgIpc) is 2.67. The number of hydrogen-bond donors (Lipinski definition) is 2. The van der Waals surface area contributed by atoms with Crippen molar-refractivity contribution >= 4 is 23.1 Å². The summed E-state index contributed by atoms with van der Waals surface area (Å²) in [5.41, 5.74) is 2.98. The molecule has 2 aromatic carbocycles. The molecule has 0 fully saturated rings. The quantitative estimate of drug-likeness (QED) is 0.729. The molecule has 1 aliphatic heterocycles. The van der Waals surface area contributed by atoms with Crippen molar-refractivity contribution in [1.82, 2.24) is 9.97 Å². The fourth-order valence-electron chi connectivity index (χ4n) is 2.75. The smallest absolute Gasteiger partial charge is 0.229 e. The lowest BCUT2D eigenvalue weighted by Gasteiger charge is -2.19. The van der Waals surface area contributed by atoms with Crippen molar-refractivity contribution in [3.8, 4) is 17.6 Å². The van der Waals surface area contributed by atoms with E-state index >= 15 is 0 Å². The van der Waals surface area contributed by atoms with Crippen LogP contribution >= 0.6 is 0 Å². The highest BCUT2D eigenvalue weighted by Gasteiger charge is 2.12. The number of nitrogens with one attached hydrogen (secondary N) is 2. The normalized spacial score (nSPS) is 12.1. The standard InChI is InChI=1S/C20H17N5O2/c1-13-9-19(23-16-5-6-17-18(11-16)27-8-7-26-17)25-20(22-13)24-15-4-2-3-14(10-15)12-21/h2-6,9-11H,7-8H2,1H3,(H2,22,23,24,25). The van der Waals surface area contributed by atoms with E-state index in [1.54, 1.807) is 12.1 Å². The molecule has 0 saturated carbocycles. The number of aromatic nitrogens is 2. The molecule has 1 aromatic heterocycles. The second-order valence-electron chi connectivity index (χ2n) is 6.02. The summed E-state index contributed by atoms with van der Waals surface area (Å²) >= 11 is 0. The molecule has 0 unspecified atom stereocenters. The third-order valence-corrected chi connectivity index (χ3v) is 3.92. The van der Waals surface area contributed by atoms with E-state index in [0.29, 0.717) is 36.3 Å². The number of nitrogens with zero attached hydrogens (tertiary/aromatic N) is 3. The van der Waals surface area contributed by atoms with Crippen LogP contribution in [0.1, 0.15) is 11.3 Å². The van der Waals surface area contributed by atoms with Crippen molar-refractivity contribution in [2.24, 2.45) is 0 Å². The lowest BCUT2D eigenvalue weighted by Crippen LogP contribution is -2.15. The Kier molecular flexibility index (Phi) is 4.45. The first-order valence-electron chi connectivity index (χ1n) is 8.49. The lowest BCUT2D eigenvalue weighted by atomic mass is 10.2. The van der Waals surface area contributed by atoms with Crippen LogP contribution in [-0.2, 0) is 0 Å². The zero-order chi connectivity index (χ0) is 18.6. The van der Waals surface area contributed by atoms with Crippen molar-refractivity contribution < 1.29 is 9.47 Å². The minimum atomic E-state index is 0.449. The van der Waals surface area contributed by atoms with E-state index in [4.69, 9.17) is 14.7 Å². The van der Waals surface area contributed by atoms with Gasteiger partial charge in [-0.1, -0.05) is 6.07 Å². The van der Waals surface area contributed by atoms with Crippen LogP contribution in [0.2, 0.25) is 0 Å². The number of rotatable bonds is 4. The molecule has 134 valence electrons. The molecule has 7 nitrogen and oxygen atoms in total. The Hall–Kier alpha value is -3.79. The van der Waals surface area contributed by atoms with E-state index in [9.17, 15) is 0 Å². The number of anilines is 4. The van der Waals surface area contributed by atoms with Gasteiger partial charge >= 0.3 is 0 Å². The first kappa shape index (κ1) is 16.7. The number of ether oxygens (including phenoxy) is 2. The molecule has 0 aliphatic carbocycles. The van der Waals surface area contributed by atoms with E-state index in [0.717, 1.165) is 22.8 Å². The first-order chi connectivity index (χ1) is 13.2. The highest BCUT2D eigenvalue weighted by Crippen LogP contribution is 2.33. The summed E-state index contributed by atoms with van der Waals surface area (Å²) in [7, 11) is 0. The van der Waals surface area contributed by atoms with Gasteiger partial charge in [-0.05, 0) is 37.3 Å². The summed E-state index contributed by atoms with van der Waals surface area (Å²) in [5, 5.41) is 15.4. The minimum Gasteiger partial charge on any atom is -0.486 e. The fourth-order valence-corrected chi connectivity index (χ4v) is 2.75. The van der Waals surface area contributed by atoms with Crippen molar-refractivity contribution in [2.45, 2.75) is 6.92 Å². The molecule has 0 spiro atoms. The maximum absolute atomic E-state index is 9.03. The number of fused-ring (bicyclic) bond motifs is 1. The van der Waals surface area contributed by atoms with Gasteiger partial charge in [0.1, 0.15) is 19.0 Å². The van der Waals surface area contributed by atoms with E-state index in [-0.39, 0.29) is 0 Å². The minimum absolute atomic E-state index is 0.449. The van der Waals surface area contributed by atoms with Gasteiger partial charge in [0.2, 0.25) is 5.95 Å². The van der Waals surface area contributed by atoms with Crippen molar-refractivity contribution in [3.63, 3.8) is 0 Å². The van der Waals surface area contributed by atoms with Gasteiger partial charge < -0.3 is 20.1 Å². The molecule has 27 heavy (non-hydrogen) atoms. The Morgan fingerprint density at radius 2 is 1.74 bits per heavy atom. The van der Waals surface area contributed by atoms with Crippen LogP contribution in [0, 0.1) is 18.3 Å². The third kappa shape index (κ3) is 3.90. The van der Waals surface area contributed by atoms with Gasteiger partial charge in [-0.2, -0.15) is 10.2 Å². The summed E-state index contributed by atoms with van der Waals surface area (Å²) < 4.78 is 11.2. The summed E-state index contributed by atoms with van der Waals surface area (Å²) in [6, 6.07) is 16.8. The largest absolute Gasteiger partial charge is 0.486 e. The molecule has 1 aliphatic rings. The topological polar surface area (TPSA) is 92.1 Å². The van der Waals surface area contributed by atoms with Crippen molar-refractivity contribution in [1.29, 1.82) is 5.26 Å². The van der Waals surface area contributed by atoms with Crippen LogP contribution in [0.15, 0.2) is 48.5 Å². The van der Waals surface area contributed by atoms with Crippen LogP contribution in [-0.4, -0.2) is 23.2 Å². The Morgan fingerprint density at radius 1 is 0.926 bits per heavy atom. The maximum atomic E-state index is 9.03. The van der Waals surface area contributed by atoms with Crippen molar-refractivity contribution in [2.75, 3.05) is 23.8 Å². The van der Waals surface area contributed by atoms with Crippen molar-refractivity contribution in [3.05, 3.63) is 59.8 Å². The fraction of sp³-hybridized carbons (Fsp3) is 0.150. The summed E-state index contributed by atoms with van der Waals surface area (Å²) in [6.07, 6.45) is 0. The van der Waals surface area contributed by atoms with Gasteiger partial charge in [0, 0.05) is 29.2 Å². The number of nitriles is 1. The van der Waals surface area contributed by atoms with Gasteiger partial charge in [-0.15, -0.1) is 0 Å². The number of hydrogen-bond acceptors (Lipinski definition) is 7. The van der Waals surface area contributed by atoms with Crippen LogP contribution in [0.25, 0.3) is 0 Å². The third-order valence-electron chi connectivity index (χ3n) is 3.92. The van der Waals surface area contributed by atoms with E-state index < -0.39 is 0 Å². The number of aryl methyl sites for hydroxylation is 1. The Morgan fingerprint density at radius 3 is 2.59 bits per heavy atom. The molecule has 0 amide bonds. The van der Waals surface area contributed by atoms with Crippen LogP contribution in [0.5, 0.6) is 11.5 Å². The highest BCUT2D eigenvalue weighted by molar-refractivity contribution is 5.64. The SMILES string of the molecule is Cc1cc(Nc2ccc3c(c2)OCCO3)nc(Nc2cccc(C#N)c2)n1. The second-order valence-corrected chi connectivity index (χ2v) is 6.02. The summed E-state index contributed by atoms with van der Waals surface area (Å²) in [5.74, 6) is 2.55. The Labute approximate surface area is 156 Å². The molecule has 7 heteroatoms. The van der Waals surface area contributed by atoms with Crippen LogP contribution in [0.3, 0.4) is 0 Å². The van der Waals surface area contributed by atoms with Gasteiger partial charge in [0.05, 0.1) is 11.6 Å². The van der Waals surface area contributed by atoms with Crippen LogP contribution in [0.4, 0.5) is 23.1 Å². The lowest BCUT2D eigenvalue weighted by molar-refractivity contribution is 0.171. The molecule has 0 saturated heterocycles. The van der Waals surface area contributed by atoms with Gasteiger partial charge in [0.25, 0.3) is 0 Å². The molecule has 3 aromatic rings. The van der Waals surface area contributed by atoms with Gasteiger partial charge in [-0.25, -0.2) is 4.98 Å². The molecular weight excluding hydrogens is 342 g/mol. The molecule has 0 radical (unpaired) electrons. The molecule has 0 atom stereocenters. The molecule has 4 rings (SSSR count). The van der Waals surface area contributed by atoms with Crippen LogP contribution < -0.4 is 20.1 Å². The zero-order valence-electron chi connectivity index (χ0n) is 14.7. The van der Waals surface area contributed by atoms with Gasteiger partial charge in [0.15, 0.2) is 11.5 Å². The maximum Gasteiger partial charge on any atom is 0.229 e. The Balaban J connectivity index is 1.56. The Bertz CT molecular complexity index is 1030. The summed E-state index contributed by atoms with van der Waals surface area (Å²) in [4.78, 5) is 8.91. The predicted octanol–water partition coefficient (Wildman–Crippen LogP) is 3.92. The average molecular weight is 359 g/mol. The highest BCUT2D eigenvalue weighted by atomic mass is 16.6. The van der Waals surface area contributed by atoms with E-state index in [1.807, 2.05) is 43.3 Å². The molecule has 2 heterocycles. The molecule has 0 bridgehead atoms. The van der Waals surface area contributed by atoms with E-state index in [2.05, 4.69) is 26.7 Å². The number of benzene rings is 2. The monoisotopic (exact) mass is 359 g/mol. The molecular formula is C20H17N5O2. The predicted molar refractivity (Wildman–Crippen MR) is 102 cm³/mol. The van der Waals surface area contributed by atoms with Gasteiger partial charge in [-0.3, -0.25) is 0 Å². The molecule has 2 N–H and O–H groups in total. The zero-order valence-corrected chi connectivity index (χ0v) is 14.7. The first-order valence-corrected chi connectivity index (χ1v) is 8.49.